The average molecular weight is 494 g/mol. The Hall–Kier alpha value is -1.98. The van der Waals surface area contributed by atoms with Gasteiger partial charge >= 0.3 is 6.61 Å². The molecule has 0 bridgehead atoms. The summed E-state index contributed by atoms with van der Waals surface area (Å²) >= 11 is 12.0. The fourth-order valence-electron chi connectivity index (χ4n) is 3.07. The van der Waals surface area contributed by atoms with Gasteiger partial charge in [0.1, 0.15) is 10.6 Å². The minimum atomic E-state index is -3.80. The van der Waals surface area contributed by atoms with Crippen molar-refractivity contribution in [3.63, 3.8) is 0 Å². The summed E-state index contributed by atoms with van der Waals surface area (Å²) in [6.45, 7) is -1.77. The van der Waals surface area contributed by atoms with E-state index in [9.17, 15) is 22.0 Å². The molecule has 0 aromatic heterocycles. The molecule has 1 saturated heterocycles. The summed E-state index contributed by atoms with van der Waals surface area (Å²) in [5, 5.41) is 2.80. The molecule has 168 valence electrons. The van der Waals surface area contributed by atoms with Crippen LogP contribution in [-0.2, 0) is 14.8 Å². The van der Waals surface area contributed by atoms with Crippen molar-refractivity contribution in [2.75, 3.05) is 38.0 Å². The lowest BCUT2D eigenvalue weighted by Gasteiger charge is -2.33. The predicted octanol–water partition coefficient (Wildman–Crippen LogP) is 3.54. The topological polar surface area (TPSA) is 79.0 Å². The minimum absolute atomic E-state index is 0.00913. The van der Waals surface area contributed by atoms with E-state index in [1.165, 1.54) is 46.8 Å². The molecule has 1 amide bonds. The molecule has 1 N–H and O–H groups in total. The van der Waals surface area contributed by atoms with Crippen LogP contribution < -0.4 is 10.1 Å². The van der Waals surface area contributed by atoms with Crippen LogP contribution in [0.15, 0.2) is 47.4 Å². The van der Waals surface area contributed by atoms with Crippen LogP contribution in [-0.4, -0.2) is 62.9 Å². The first-order chi connectivity index (χ1) is 14.7. The third-order valence-electron chi connectivity index (χ3n) is 4.60. The Balaban J connectivity index is 1.53. The zero-order valence-corrected chi connectivity index (χ0v) is 18.4. The van der Waals surface area contributed by atoms with Gasteiger partial charge in [0.25, 0.3) is 0 Å². The Kier molecular flexibility index (Phi) is 7.71. The standard InChI is InChI=1S/C19H19Cl2F2N3O4S/c20-15-2-1-3-16(18(15)21)31(28,29)26-10-8-25(9-11-26)12-17(27)24-13-4-6-14(7-5-13)30-19(22)23/h1-7,19H,8-12H2,(H,24,27). The van der Waals surface area contributed by atoms with Gasteiger partial charge < -0.3 is 10.1 Å². The molecule has 1 aliphatic heterocycles. The largest absolute Gasteiger partial charge is 0.435 e. The maximum Gasteiger partial charge on any atom is 0.387 e. The van der Waals surface area contributed by atoms with Crippen LogP contribution in [0.3, 0.4) is 0 Å². The first-order valence-electron chi connectivity index (χ1n) is 9.18. The van der Waals surface area contributed by atoms with Crippen LogP contribution in [0.2, 0.25) is 10.0 Å². The van der Waals surface area contributed by atoms with Crippen molar-refractivity contribution in [2.24, 2.45) is 0 Å². The zero-order chi connectivity index (χ0) is 22.6. The highest BCUT2D eigenvalue weighted by molar-refractivity contribution is 7.89. The van der Waals surface area contributed by atoms with Crippen LogP contribution >= 0.6 is 23.2 Å². The number of rotatable bonds is 7. The number of alkyl halides is 2. The van der Waals surface area contributed by atoms with Crippen molar-refractivity contribution in [3.05, 3.63) is 52.5 Å². The maximum absolute atomic E-state index is 12.9. The fourth-order valence-corrected chi connectivity index (χ4v) is 5.23. The summed E-state index contributed by atoms with van der Waals surface area (Å²) < 4.78 is 55.6. The van der Waals surface area contributed by atoms with Crippen molar-refractivity contribution in [1.29, 1.82) is 0 Å². The second-order valence-electron chi connectivity index (χ2n) is 6.68. The maximum atomic E-state index is 12.9. The van der Waals surface area contributed by atoms with E-state index in [1.54, 1.807) is 0 Å². The summed E-state index contributed by atoms with van der Waals surface area (Å²) in [5.74, 6) is -0.318. The molecule has 1 fully saturated rings. The molecular weight excluding hydrogens is 475 g/mol. The molecule has 0 atom stereocenters. The summed E-state index contributed by atoms with van der Waals surface area (Å²) in [6.07, 6.45) is 0. The van der Waals surface area contributed by atoms with Crippen molar-refractivity contribution >= 4 is 44.8 Å². The van der Waals surface area contributed by atoms with Gasteiger partial charge in [-0.3, -0.25) is 9.69 Å². The number of ether oxygens (including phenoxy) is 1. The van der Waals surface area contributed by atoms with Gasteiger partial charge in [-0.2, -0.15) is 13.1 Å². The molecule has 0 radical (unpaired) electrons. The number of carbonyl (C=O) groups excluding carboxylic acids is 1. The van der Waals surface area contributed by atoms with E-state index in [2.05, 4.69) is 10.1 Å². The molecule has 31 heavy (non-hydrogen) atoms. The van der Waals surface area contributed by atoms with Gasteiger partial charge in [-0.25, -0.2) is 8.42 Å². The molecule has 0 spiro atoms. The monoisotopic (exact) mass is 493 g/mol. The predicted molar refractivity (Wildman–Crippen MR) is 113 cm³/mol. The molecule has 7 nitrogen and oxygen atoms in total. The van der Waals surface area contributed by atoms with E-state index in [4.69, 9.17) is 23.2 Å². The van der Waals surface area contributed by atoms with Gasteiger partial charge in [0.05, 0.1) is 16.6 Å². The number of nitrogens with one attached hydrogen (secondary N) is 1. The SMILES string of the molecule is O=C(CN1CCN(S(=O)(=O)c2cccc(Cl)c2Cl)CC1)Nc1ccc(OC(F)F)cc1. The Bertz CT molecular complexity index is 1030. The summed E-state index contributed by atoms with van der Waals surface area (Å²) in [7, 11) is -3.80. The van der Waals surface area contributed by atoms with Crippen molar-refractivity contribution in [2.45, 2.75) is 11.5 Å². The molecule has 2 aromatic carbocycles. The number of sulfonamides is 1. The van der Waals surface area contributed by atoms with Gasteiger partial charge in [-0.15, -0.1) is 0 Å². The van der Waals surface area contributed by atoms with Crippen LogP contribution in [0.25, 0.3) is 0 Å². The molecule has 0 saturated carbocycles. The van der Waals surface area contributed by atoms with Gasteiger partial charge in [0.2, 0.25) is 15.9 Å². The third kappa shape index (κ3) is 6.05. The fraction of sp³-hybridized carbons (Fsp3) is 0.316. The summed E-state index contributed by atoms with van der Waals surface area (Å²) in [5.41, 5.74) is 0.434. The number of carbonyl (C=O) groups is 1. The number of amides is 1. The van der Waals surface area contributed by atoms with Crippen molar-refractivity contribution in [3.8, 4) is 5.75 Å². The Morgan fingerprint density at radius 3 is 2.32 bits per heavy atom. The van der Waals surface area contributed by atoms with E-state index in [0.29, 0.717) is 18.8 Å². The molecule has 3 rings (SSSR count). The van der Waals surface area contributed by atoms with Crippen LogP contribution in [0.5, 0.6) is 5.75 Å². The van der Waals surface area contributed by atoms with Crippen LogP contribution in [0.1, 0.15) is 0 Å². The number of piperazine rings is 1. The number of anilines is 1. The number of hydrogen-bond acceptors (Lipinski definition) is 5. The van der Waals surface area contributed by atoms with Crippen molar-refractivity contribution < 1.29 is 26.7 Å². The van der Waals surface area contributed by atoms with E-state index in [1.807, 2.05) is 4.90 Å². The lowest BCUT2D eigenvalue weighted by atomic mass is 10.3. The average Bonchev–Trinajstić information content (AvgIpc) is 2.71. The van der Waals surface area contributed by atoms with Crippen LogP contribution in [0, 0.1) is 0 Å². The smallest absolute Gasteiger partial charge is 0.387 e. The normalized spacial score (nSPS) is 15.8. The van der Waals surface area contributed by atoms with Crippen LogP contribution in [0.4, 0.5) is 14.5 Å². The number of halogens is 4. The quantitative estimate of drug-likeness (QED) is 0.637. The molecular formula is C19H19Cl2F2N3O4S. The Morgan fingerprint density at radius 1 is 1.06 bits per heavy atom. The third-order valence-corrected chi connectivity index (χ3v) is 7.47. The van der Waals surface area contributed by atoms with Gasteiger partial charge in [-0.1, -0.05) is 29.3 Å². The molecule has 1 heterocycles. The number of benzene rings is 2. The Morgan fingerprint density at radius 2 is 1.71 bits per heavy atom. The highest BCUT2D eigenvalue weighted by atomic mass is 35.5. The highest BCUT2D eigenvalue weighted by Crippen LogP contribution is 2.31. The first-order valence-corrected chi connectivity index (χ1v) is 11.4. The lowest BCUT2D eigenvalue weighted by Crippen LogP contribution is -2.50. The van der Waals surface area contributed by atoms with E-state index >= 15 is 0 Å². The second-order valence-corrected chi connectivity index (χ2v) is 9.37. The number of hydrogen-bond donors (Lipinski definition) is 1. The van der Waals surface area contributed by atoms with Gasteiger partial charge in [0.15, 0.2) is 0 Å². The Labute approximate surface area is 188 Å². The zero-order valence-electron chi connectivity index (χ0n) is 16.1. The van der Waals surface area contributed by atoms with E-state index in [-0.39, 0.29) is 46.2 Å². The van der Waals surface area contributed by atoms with E-state index in [0.717, 1.165) is 0 Å². The lowest BCUT2D eigenvalue weighted by molar-refractivity contribution is -0.117. The molecule has 12 heteroatoms. The summed E-state index contributed by atoms with van der Waals surface area (Å²) in [4.78, 5) is 14.0. The molecule has 0 aliphatic carbocycles. The number of nitrogens with zero attached hydrogens (tertiary/aromatic N) is 2. The molecule has 2 aromatic rings. The minimum Gasteiger partial charge on any atom is -0.435 e. The summed E-state index contributed by atoms with van der Waals surface area (Å²) in [6, 6.07) is 10.00. The first kappa shape index (κ1) is 23.7. The van der Waals surface area contributed by atoms with Gasteiger partial charge in [0, 0.05) is 31.9 Å². The van der Waals surface area contributed by atoms with E-state index < -0.39 is 16.6 Å². The molecule has 0 unspecified atom stereocenters. The van der Waals surface area contributed by atoms with Gasteiger partial charge in [-0.05, 0) is 36.4 Å². The molecule has 1 aliphatic rings. The highest BCUT2D eigenvalue weighted by Gasteiger charge is 2.31. The van der Waals surface area contributed by atoms with Crippen molar-refractivity contribution in [1.82, 2.24) is 9.21 Å². The second kappa shape index (κ2) is 10.1.